The topological polar surface area (TPSA) is 120 Å². The number of sulfonamides is 1. The summed E-state index contributed by atoms with van der Waals surface area (Å²) in [6, 6.07) is 20.3. The molecule has 0 saturated carbocycles. The van der Waals surface area contributed by atoms with Crippen molar-refractivity contribution in [3.05, 3.63) is 90.1 Å². The van der Waals surface area contributed by atoms with E-state index in [9.17, 15) is 18.0 Å². The lowest BCUT2D eigenvalue weighted by atomic mass is 10.2. The largest absolute Gasteiger partial charge is 0.457 e. The number of carbonyl (C=O) groups is 2. The molecule has 1 heterocycles. The van der Waals surface area contributed by atoms with Crippen LogP contribution in [-0.4, -0.2) is 26.1 Å². The van der Waals surface area contributed by atoms with Gasteiger partial charge in [-0.2, -0.15) is 0 Å². The summed E-state index contributed by atoms with van der Waals surface area (Å²) in [7, 11) is -3.95. The quantitative estimate of drug-likeness (QED) is 0.267. The van der Waals surface area contributed by atoms with Crippen molar-refractivity contribution in [2.75, 3.05) is 10.0 Å². The fourth-order valence-electron chi connectivity index (χ4n) is 3.34. The molecule has 2 N–H and O–H groups in total. The van der Waals surface area contributed by atoms with Gasteiger partial charge in [0.1, 0.15) is 11.5 Å². The number of nitrogens with one attached hydrogen (secondary N) is 2. The van der Waals surface area contributed by atoms with Gasteiger partial charge in [-0.3, -0.25) is 4.72 Å². The van der Waals surface area contributed by atoms with Gasteiger partial charge in [-0.1, -0.05) is 24.3 Å². The third-order valence-electron chi connectivity index (χ3n) is 5.06. The number of esters is 2. The standard InChI is InChI=1S/C26H24N2O7S/c1-17-9-10-19(27-16-22-24(29)34-26(2,3)35-25(22)30)15-23(17)36(31,32)28-18-11-13-21(14-12-18)33-20-7-5-4-6-8-20/h4-16,27-28H,1-3H3. The van der Waals surface area contributed by atoms with Crippen LogP contribution in [-0.2, 0) is 29.1 Å². The maximum atomic E-state index is 13.1. The Balaban J connectivity index is 1.49. The first-order chi connectivity index (χ1) is 17.0. The maximum absolute atomic E-state index is 13.1. The van der Waals surface area contributed by atoms with E-state index in [4.69, 9.17) is 14.2 Å². The van der Waals surface area contributed by atoms with E-state index in [1.807, 2.05) is 30.3 Å². The second-order valence-electron chi connectivity index (χ2n) is 8.41. The average molecular weight is 509 g/mol. The highest BCUT2D eigenvalue weighted by Crippen LogP contribution is 2.27. The molecule has 0 amide bonds. The van der Waals surface area contributed by atoms with E-state index in [1.54, 1.807) is 43.3 Å². The van der Waals surface area contributed by atoms with Crippen molar-refractivity contribution in [1.29, 1.82) is 0 Å². The van der Waals surface area contributed by atoms with Crippen LogP contribution in [0.3, 0.4) is 0 Å². The molecule has 0 bridgehead atoms. The van der Waals surface area contributed by atoms with E-state index in [0.717, 1.165) is 6.20 Å². The Hall–Kier alpha value is -4.31. The monoisotopic (exact) mass is 508 g/mol. The maximum Gasteiger partial charge on any atom is 0.350 e. The van der Waals surface area contributed by atoms with Gasteiger partial charge in [0.2, 0.25) is 0 Å². The molecule has 1 saturated heterocycles. The number of cyclic esters (lactones) is 2. The van der Waals surface area contributed by atoms with E-state index >= 15 is 0 Å². The molecule has 0 aliphatic carbocycles. The molecule has 9 nitrogen and oxygen atoms in total. The summed E-state index contributed by atoms with van der Waals surface area (Å²) < 4.78 is 44.6. The zero-order chi connectivity index (χ0) is 25.9. The summed E-state index contributed by atoms with van der Waals surface area (Å²) >= 11 is 0. The van der Waals surface area contributed by atoms with Gasteiger partial charge in [-0.05, 0) is 61.0 Å². The van der Waals surface area contributed by atoms with Gasteiger partial charge in [0.25, 0.3) is 15.8 Å². The molecule has 0 unspecified atom stereocenters. The first-order valence-electron chi connectivity index (χ1n) is 10.9. The third-order valence-corrected chi connectivity index (χ3v) is 6.59. The van der Waals surface area contributed by atoms with Crippen LogP contribution in [0.5, 0.6) is 11.5 Å². The fraction of sp³-hybridized carbons (Fsp3) is 0.154. The number of hydrogen-bond acceptors (Lipinski definition) is 8. The molecule has 1 aliphatic rings. The Kier molecular flexibility index (Phi) is 6.71. The number of benzene rings is 3. The first kappa shape index (κ1) is 24.8. The normalized spacial score (nSPS) is 14.9. The smallest absolute Gasteiger partial charge is 0.350 e. The first-order valence-corrected chi connectivity index (χ1v) is 12.4. The van der Waals surface area contributed by atoms with Crippen molar-refractivity contribution in [1.82, 2.24) is 0 Å². The van der Waals surface area contributed by atoms with Gasteiger partial charge < -0.3 is 19.5 Å². The Labute approximate surface area is 208 Å². The second-order valence-corrected chi connectivity index (χ2v) is 10.1. The lowest BCUT2D eigenvalue weighted by Gasteiger charge is -2.29. The number of para-hydroxylation sites is 1. The number of aryl methyl sites for hydroxylation is 1. The molecule has 3 aromatic rings. The van der Waals surface area contributed by atoms with Crippen molar-refractivity contribution in [3.8, 4) is 11.5 Å². The fourth-order valence-corrected chi connectivity index (χ4v) is 4.67. The van der Waals surface area contributed by atoms with Crippen LogP contribution in [0.1, 0.15) is 19.4 Å². The minimum atomic E-state index is -3.95. The minimum absolute atomic E-state index is 0.0189. The molecule has 186 valence electrons. The minimum Gasteiger partial charge on any atom is -0.457 e. The van der Waals surface area contributed by atoms with Gasteiger partial charge in [0.15, 0.2) is 5.57 Å². The second kappa shape index (κ2) is 9.74. The van der Waals surface area contributed by atoms with Crippen LogP contribution in [0.25, 0.3) is 0 Å². The van der Waals surface area contributed by atoms with Crippen molar-refractivity contribution < 1.29 is 32.2 Å². The number of ether oxygens (including phenoxy) is 3. The highest BCUT2D eigenvalue weighted by Gasteiger charge is 2.39. The Morgan fingerprint density at radius 1 is 0.833 bits per heavy atom. The molecule has 1 aliphatic heterocycles. The summed E-state index contributed by atoms with van der Waals surface area (Å²) in [5.41, 5.74) is 0.856. The summed E-state index contributed by atoms with van der Waals surface area (Å²) in [4.78, 5) is 24.2. The van der Waals surface area contributed by atoms with Crippen LogP contribution in [0.2, 0.25) is 0 Å². The van der Waals surface area contributed by atoms with Crippen LogP contribution in [0.15, 0.2) is 89.5 Å². The Morgan fingerprint density at radius 3 is 2.06 bits per heavy atom. The predicted molar refractivity (Wildman–Crippen MR) is 133 cm³/mol. The molecule has 1 fully saturated rings. The molecule has 10 heteroatoms. The Bertz CT molecular complexity index is 1410. The number of rotatable bonds is 7. The van der Waals surface area contributed by atoms with E-state index in [1.165, 1.54) is 19.9 Å². The van der Waals surface area contributed by atoms with E-state index in [-0.39, 0.29) is 10.5 Å². The lowest BCUT2D eigenvalue weighted by molar-refractivity contribution is -0.222. The highest BCUT2D eigenvalue weighted by molar-refractivity contribution is 7.92. The lowest BCUT2D eigenvalue weighted by Crippen LogP contribution is -2.42. The molecule has 36 heavy (non-hydrogen) atoms. The van der Waals surface area contributed by atoms with Crippen LogP contribution in [0, 0.1) is 6.92 Å². The van der Waals surface area contributed by atoms with E-state index in [0.29, 0.717) is 28.4 Å². The van der Waals surface area contributed by atoms with Crippen molar-refractivity contribution >= 4 is 33.3 Å². The SMILES string of the molecule is Cc1ccc(NC=C2C(=O)OC(C)(C)OC2=O)cc1S(=O)(=O)Nc1ccc(Oc2ccccc2)cc1. The molecule has 0 atom stereocenters. The van der Waals surface area contributed by atoms with Crippen LogP contribution in [0.4, 0.5) is 11.4 Å². The number of anilines is 2. The predicted octanol–water partition coefficient (Wildman–Crippen LogP) is 4.72. The zero-order valence-corrected chi connectivity index (χ0v) is 20.6. The number of carbonyl (C=O) groups excluding carboxylic acids is 2. The van der Waals surface area contributed by atoms with Gasteiger partial charge in [0, 0.05) is 31.4 Å². The van der Waals surface area contributed by atoms with E-state index in [2.05, 4.69) is 10.0 Å². The summed E-state index contributed by atoms with van der Waals surface area (Å²) in [6.07, 6.45) is 1.12. The summed E-state index contributed by atoms with van der Waals surface area (Å²) in [5, 5.41) is 2.76. The molecule has 0 spiro atoms. The summed E-state index contributed by atoms with van der Waals surface area (Å²) in [6.45, 7) is 4.55. The molecule has 0 radical (unpaired) electrons. The molecular weight excluding hydrogens is 484 g/mol. The number of hydrogen-bond donors (Lipinski definition) is 2. The molecular formula is C26H24N2O7S. The van der Waals surface area contributed by atoms with Gasteiger partial charge >= 0.3 is 11.9 Å². The van der Waals surface area contributed by atoms with Crippen molar-refractivity contribution in [2.45, 2.75) is 31.5 Å². The average Bonchev–Trinajstić information content (AvgIpc) is 2.80. The van der Waals surface area contributed by atoms with Crippen LogP contribution >= 0.6 is 0 Å². The van der Waals surface area contributed by atoms with Crippen LogP contribution < -0.4 is 14.8 Å². The molecule has 4 rings (SSSR count). The van der Waals surface area contributed by atoms with Crippen molar-refractivity contribution in [3.63, 3.8) is 0 Å². The van der Waals surface area contributed by atoms with E-state index < -0.39 is 27.7 Å². The Morgan fingerprint density at radius 2 is 1.42 bits per heavy atom. The molecule has 0 aromatic heterocycles. The zero-order valence-electron chi connectivity index (χ0n) is 19.8. The highest BCUT2D eigenvalue weighted by atomic mass is 32.2. The molecule has 3 aromatic carbocycles. The summed E-state index contributed by atoms with van der Waals surface area (Å²) in [5.74, 6) is -1.81. The van der Waals surface area contributed by atoms with Gasteiger partial charge in [0.05, 0.1) is 4.90 Å². The third kappa shape index (κ3) is 5.84. The van der Waals surface area contributed by atoms with Crippen molar-refractivity contribution in [2.24, 2.45) is 0 Å². The van der Waals surface area contributed by atoms with Gasteiger partial charge in [-0.25, -0.2) is 18.0 Å². The van der Waals surface area contributed by atoms with Gasteiger partial charge in [-0.15, -0.1) is 0 Å².